The van der Waals surface area contributed by atoms with Crippen molar-refractivity contribution < 1.29 is 13.6 Å². The maximum atomic E-state index is 12.8. The van der Waals surface area contributed by atoms with Gasteiger partial charge in [-0.2, -0.15) is 15.0 Å². The molecule has 85 heavy (non-hydrogen) atoms. The van der Waals surface area contributed by atoms with Gasteiger partial charge in [0.25, 0.3) is 16.7 Å². The Morgan fingerprint density at radius 3 is 1.26 bits per heavy atom. The number of halogens is 1. The third-order valence-corrected chi connectivity index (χ3v) is 18.0. The molecule has 0 aliphatic heterocycles. The molecule has 9 heterocycles. The zero-order chi connectivity index (χ0) is 57.6. The number of hydrogen-bond donors (Lipinski definition) is 1. The highest BCUT2D eigenvalue weighted by molar-refractivity contribution is 6.16. The van der Waals surface area contributed by atoms with Crippen LogP contribution in [0.2, 0.25) is 0 Å². The number of nitrogens with zero attached hydrogens (tertiary/aromatic N) is 14. The fourth-order valence-electron chi connectivity index (χ4n) is 13.7. The number of aryl methyl sites for hydroxylation is 3. The van der Waals surface area contributed by atoms with Crippen LogP contribution < -0.4 is 16.7 Å². The van der Waals surface area contributed by atoms with E-state index in [1.165, 1.54) is 61.5 Å². The van der Waals surface area contributed by atoms with Gasteiger partial charge >= 0.3 is 0 Å². The molecular formula is C63H52ClN15O6. The van der Waals surface area contributed by atoms with Crippen molar-refractivity contribution >= 4 is 44.3 Å². The molecular weight excluding hydrogens is 1100 g/mol. The SMILES string of the molecule is Cc1cncc2nc[nH]c(=O)c12.Cc1cncc2ncn(Cc3nc([C@@H]4[C@H]5Cc6ccccc6[C@H]54)no3)c(=O)c12.Cc1cncc2ncn(Cc3nc([C@H]4[C@@H]5Cc6ccccc6[C@@H]54)no3)c(=O)c12.ClCc1nc([C@H]2[C@@H]3Cc4ccccc4[C@@H]32)no1. The number of alkyl halides is 1. The quantitative estimate of drug-likeness (QED) is 0.139. The summed E-state index contributed by atoms with van der Waals surface area (Å²) in [5.41, 5.74) is 12.6. The molecule has 0 bridgehead atoms. The Bertz CT molecular complexity index is 4580. The summed E-state index contributed by atoms with van der Waals surface area (Å²) >= 11 is 5.67. The predicted octanol–water partition coefficient (Wildman–Crippen LogP) is 8.66. The number of pyridine rings is 3. The van der Waals surface area contributed by atoms with Gasteiger partial charge < -0.3 is 18.6 Å². The summed E-state index contributed by atoms with van der Waals surface area (Å²) in [5.74, 6) is 8.56. The first-order valence-electron chi connectivity index (χ1n) is 28.2. The predicted molar refractivity (Wildman–Crippen MR) is 310 cm³/mol. The molecule has 0 amide bonds. The zero-order valence-electron chi connectivity index (χ0n) is 46.2. The van der Waals surface area contributed by atoms with Gasteiger partial charge in [-0.1, -0.05) is 88.3 Å². The molecule has 3 saturated carbocycles. The maximum Gasteiger partial charge on any atom is 0.262 e. The van der Waals surface area contributed by atoms with Crippen LogP contribution in [0.25, 0.3) is 32.7 Å². The van der Waals surface area contributed by atoms with Crippen LogP contribution in [0.1, 0.15) is 121 Å². The van der Waals surface area contributed by atoms with Crippen LogP contribution >= 0.6 is 11.6 Å². The maximum absolute atomic E-state index is 12.8. The van der Waals surface area contributed by atoms with Crippen LogP contribution in [-0.2, 0) is 38.2 Å². The molecule has 0 saturated heterocycles. The van der Waals surface area contributed by atoms with Crippen molar-refractivity contribution in [3.8, 4) is 0 Å². The minimum absolute atomic E-state index is 0.111. The summed E-state index contributed by atoms with van der Waals surface area (Å²) in [6.45, 7) is 5.99. The van der Waals surface area contributed by atoms with E-state index < -0.39 is 0 Å². The van der Waals surface area contributed by atoms with Gasteiger partial charge in [0.1, 0.15) is 19.0 Å². The zero-order valence-corrected chi connectivity index (χ0v) is 46.9. The van der Waals surface area contributed by atoms with E-state index in [9.17, 15) is 14.4 Å². The van der Waals surface area contributed by atoms with Crippen molar-refractivity contribution in [1.82, 2.24) is 74.4 Å². The van der Waals surface area contributed by atoms with Crippen LogP contribution in [0, 0.1) is 38.5 Å². The first kappa shape index (κ1) is 52.1. The average molecular weight is 1150 g/mol. The Kier molecular flexibility index (Phi) is 12.8. The van der Waals surface area contributed by atoms with Crippen molar-refractivity contribution in [3.63, 3.8) is 0 Å². The van der Waals surface area contributed by atoms with Crippen molar-refractivity contribution in [3.05, 3.63) is 245 Å². The Hall–Kier alpha value is -9.76. The van der Waals surface area contributed by atoms with E-state index in [-0.39, 0.29) is 29.8 Å². The molecule has 0 spiro atoms. The van der Waals surface area contributed by atoms with E-state index in [1.54, 1.807) is 37.2 Å². The second-order valence-corrected chi connectivity index (χ2v) is 23.0. The fraction of sp³-hybridized carbons (Fsp3) is 0.286. The number of H-pyrrole nitrogens is 1. The average Bonchev–Trinajstić information content (AvgIpc) is 1.65. The van der Waals surface area contributed by atoms with Crippen molar-refractivity contribution in [2.45, 2.75) is 94.5 Å². The van der Waals surface area contributed by atoms with Gasteiger partial charge in [0, 0.05) is 36.3 Å². The summed E-state index contributed by atoms with van der Waals surface area (Å²) in [6, 6.07) is 25.9. The van der Waals surface area contributed by atoms with Gasteiger partial charge in [-0.15, -0.1) is 11.6 Å². The Morgan fingerprint density at radius 2 is 0.859 bits per heavy atom. The Morgan fingerprint density at radius 1 is 0.482 bits per heavy atom. The molecule has 0 unspecified atom stereocenters. The highest BCUT2D eigenvalue weighted by atomic mass is 35.5. The number of benzene rings is 3. The number of fused-ring (bicyclic) bond motifs is 12. The third kappa shape index (κ3) is 9.29. The highest BCUT2D eigenvalue weighted by Gasteiger charge is 2.60. The number of nitrogens with one attached hydrogen (secondary N) is 1. The Labute approximate surface area is 487 Å². The summed E-state index contributed by atoms with van der Waals surface area (Å²) in [7, 11) is 0. The molecule has 9 aromatic heterocycles. The number of hydrogen-bond acceptors (Lipinski definition) is 18. The molecule has 6 aliphatic carbocycles. The molecule has 22 heteroatoms. The number of rotatable bonds is 8. The lowest BCUT2D eigenvalue weighted by Gasteiger charge is -2.05. The monoisotopic (exact) mass is 1150 g/mol. The second-order valence-electron chi connectivity index (χ2n) is 22.8. The molecule has 21 nitrogen and oxygen atoms in total. The molecule has 1 N–H and O–H groups in total. The van der Waals surface area contributed by atoms with Crippen LogP contribution in [0.5, 0.6) is 0 Å². The second kappa shape index (κ2) is 20.8. The van der Waals surface area contributed by atoms with E-state index in [0.717, 1.165) is 53.4 Å². The molecule has 12 aromatic rings. The molecule has 422 valence electrons. The first-order valence-corrected chi connectivity index (χ1v) is 28.8. The van der Waals surface area contributed by atoms with Crippen molar-refractivity contribution in [2.24, 2.45) is 17.8 Å². The van der Waals surface area contributed by atoms with Gasteiger partial charge in [-0.25, -0.2) is 15.0 Å². The van der Waals surface area contributed by atoms with Gasteiger partial charge in [0.2, 0.25) is 17.7 Å². The normalized spacial score (nSPS) is 21.9. The van der Waals surface area contributed by atoms with Crippen molar-refractivity contribution in [1.29, 1.82) is 0 Å². The smallest absolute Gasteiger partial charge is 0.262 e. The van der Waals surface area contributed by atoms with E-state index >= 15 is 0 Å². The number of aromatic nitrogens is 15. The van der Waals surface area contributed by atoms with Gasteiger partial charge in [-0.05, 0) is 126 Å². The summed E-state index contributed by atoms with van der Waals surface area (Å²) < 4.78 is 19.0. The topological polar surface area (TPSA) is 271 Å². The summed E-state index contributed by atoms with van der Waals surface area (Å²) in [4.78, 5) is 77.7. The first-order chi connectivity index (χ1) is 41.6. The van der Waals surface area contributed by atoms with Crippen molar-refractivity contribution in [2.75, 3.05) is 0 Å². The fourth-order valence-corrected chi connectivity index (χ4v) is 13.8. The summed E-state index contributed by atoms with van der Waals surface area (Å²) in [5, 5.41) is 14.2. The van der Waals surface area contributed by atoms with E-state index in [2.05, 4.69) is 138 Å². The van der Waals surface area contributed by atoms with E-state index in [0.29, 0.717) is 110 Å². The van der Waals surface area contributed by atoms with Crippen LogP contribution in [0.15, 0.2) is 157 Å². The molecule has 3 aromatic carbocycles. The standard InChI is InChI=1S/2C21H17N5O2.C13H11ClN2O.C8H7N3O/c2*1-11-7-22-8-15-17(11)21(27)26(10-23-15)9-16-24-20(25-28-16)19-14-6-12-4-2-3-5-13(12)18(14)19;14-6-10-15-13(16-17-10)12-9-5-7-3-1-2-4-8(7)11(9)12;1-5-2-9-3-6-7(5)8(12)11-4-10-6/h2*2-5,7-8,10,14,18-19H,6,9H2,1H3;1-4,9,11-12H,5-6H2;2-4H,1H3,(H,10,11,12)/t2*14-,18+,19+;9-,11+,12+;/m101./s1. The molecule has 18 rings (SSSR count). The van der Waals surface area contributed by atoms with Crippen LogP contribution in [0.3, 0.4) is 0 Å². The lowest BCUT2D eigenvalue weighted by atomic mass is 10.0. The van der Waals surface area contributed by atoms with E-state index in [1.807, 2.05) is 20.8 Å². The molecule has 6 aliphatic rings. The molecule has 3 fully saturated rings. The van der Waals surface area contributed by atoms with Gasteiger partial charge in [0.15, 0.2) is 17.5 Å². The molecule has 9 atom stereocenters. The molecule has 0 radical (unpaired) electrons. The van der Waals surface area contributed by atoms with E-state index in [4.69, 9.17) is 25.2 Å². The number of aromatic amines is 1. The highest BCUT2D eigenvalue weighted by Crippen LogP contribution is 2.67. The third-order valence-electron chi connectivity index (χ3n) is 17.8. The summed E-state index contributed by atoms with van der Waals surface area (Å²) in [6.07, 6.45) is 17.5. The lowest BCUT2D eigenvalue weighted by molar-refractivity contribution is 0.364. The largest absolute Gasteiger partial charge is 0.338 e. The van der Waals surface area contributed by atoms with Gasteiger partial charge in [0.05, 0.1) is 70.3 Å². The Balaban J connectivity index is 0.000000101. The lowest BCUT2D eigenvalue weighted by Crippen LogP contribution is -2.22. The van der Waals surface area contributed by atoms with Crippen LogP contribution in [-0.4, -0.2) is 74.4 Å². The van der Waals surface area contributed by atoms with Gasteiger partial charge in [-0.3, -0.25) is 38.5 Å². The minimum Gasteiger partial charge on any atom is -0.338 e. The van der Waals surface area contributed by atoms with Crippen LogP contribution in [0.4, 0.5) is 0 Å². The minimum atomic E-state index is -0.123.